The van der Waals surface area contributed by atoms with Gasteiger partial charge in [-0.15, -0.1) is 0 Å². The molecule has 22 heavy (non-hydrogen) atoms. The molecule has 2 unspecified atom stereocenters. The number of carbonyl (C=O) groups excluding carboxylic acids is 1. The first-order valence-corrected chi connectivity index (χ1v) is 7.62. The van der Waals surface area contributed by atoms with Gasteiger partial charge in [0.1, 0.15) is 0 Å². The van der Waals surface area contributed by atoms with Gasteiger partial charge in [-0.25, -0.2) is 10.9 Å². The Hall–Kier alpha value is -1.89. The van der Waals surface area contributed by atoms with Crippen molar-refractivity contribution >= 4 is 17.5 Å². The lowest BCUT2D eigenvalue weighted by Gasteiger charge is -2.12. The number of halogens is 1. The average molecular weight is 320 g/mol. The van der Waals surface area contributed by atoms with Crippen molar-refractivity contribution in [1.29, 1.82) is 0 Å². The van der Waals surface area contributed by atoms with Crippen LogP contribution in [0.3, 0.4) is 0 Å². The molecule has 2 aromatic rings. The molecule has 2 atom stereocenters. The molecule has 116 valence electrons. The average Bonchev–Trinajstić information content (AvgIpc) is 3.15. The quantitative estimate of drug-likeness (QED) is 0.783. The van der Waals surface area contributed by atoms with Crippen LogP contribution in [-0.2, 0) is 11.3 Å². The molecule has 1 fully saturated rings. The normalized spacial score (nSPS) is 21.0. The fourth-order valence-electron chi connectivity index (χ4n) is 2.50. The number of nitrogens with one attached hydrogen (secondary N) is 3. The van der Waals surface area contributed by atoms with E-state index in [1.54, 1.807) is 17.1 Å². The van der Waals surface area contributed by atoms with Gasteiger partial charge in [-0.3, -0.25) is 9.48 Å². The van der Waals surface area contributed by atoms with E-state index in [1.807, 2.05) is 18.2 Å². The molecule has 1 aromatic heterocycles. The summed E-state index contributed by atoms with van der Waals surface area (Å²) in [5.41, 5.74) is 7.53. The number of benzene rings is 1. The van der Waals surface area contributed by atoms with Gasteiger partial charge >= 0.3 is 0 Å². The smallest absolute Gasteiger partial charge is 0.223 e. The molecule has 1 aromatic carbocycles. The van der Waals surface area contributed by atoms with Crippen molar-refractivity contribution in [2.75, 3.05) is 0 Å². The second kappa shape index (κ2) is 6.91. The second-order valence-corrected chi connectivity index (χ2v) is 5.72. The Labute approximate surface area is 133 Å². The van der Waals surface area contributed by atoms with Gasteiger partial charge in [-0.2, -0.15) is 5.10 Å². The Kier molecular flexibility index (Phi) is 4.72. The van der Waals surface area contributed by atoms with Crippen molar-refractivity contribution in [3.63, 3.8) is 0 Å². The molecule has 1 aliphatic heterocycles. The molecule has 0 bridgehead atoms. The molecule has 3 N–H and O–H groups in total. The number of carbonyl (C=O) groups is 1. The van der Waals surface area contributed by atoms with Crippen LogP contribution in [0.4, 0.5) is 0 Å². The van der Waals surface area contributed by atoms with Gasteiger partial charge in [-0.1, -0.05) is 41.9 Å². The molecule has 1 amide bonds. The summed E-state index contributed by atoms with van der Waals surface area (Å²) in [5.74, 6) is -0.0142. The van der Waals surface area contributed by atoms with Crippen molar-refractivity contribution in [2.45, 2.75) is 31.6 Å². The van der Waals surface area contributed by atoms with E-state index in [0.717, 1.165) is 6.42 Å². The van der Waals surface area contributed by atoms with Crippen molar-refractivity contribution in [3.8, 4) is 0 Å². The summed E-state index contributed by atoms with van der Waals surface area (Å²) >= 11 is 5.79. The third-order valence-corrected chi connectivity index (χ3v) is 3.81. The molecule has 0 spiro atoms. The van der Waals surface area contributed by atoms with Crippen molar-refractivity contribution in [1.82, 2.24) is 25.9 Å². The lowest BCUT2D eigenvalue weighted by Crippen LogP contribution is -2.44. The van der Waals surface area contributed by atoms with Crippen LogP contribution in [0, 0.1) is 0 Å². The first kappa shape index (κ1) is 15.0. The Morgan fingerprint density at radius 2 is 2.18 bits per heavy atom. The van der Waals surface area contributed by atoms with Crippen molar-refractivity contribution in [3.05, 3.63) is 53.3 Å². The Bertz CT molecular complexity index is 630. The SMILES string of the molecule is O=C(CCn1cc(Cl)cn1)NC1CC(c2ccccc2)NN1. The molecule has 3 rings (SSSR count). The van der Waals surface area contributed by atoms with Gasteiger partial charge in [0.05, 0.1) is 17.4 Å². The molecule has 1 saturated heterocycles. The summed E-state index contributed by atoms with van der Waals surface area (Å²) < 4.78 is 1.66. The molecular formula is C15H18ClN5O. The van der Waals surface area contributed by atoms with Gasteiger partial charge in [0.15, 0.2) is 0 Å². The predicted molar refractivity (Wildman–Crippen MR) is 83.9 cm³/mol. The van der Waals surface area contributed by atoms with E-state index in [-0.39, 0.29) is 18.1 Å². The van der Waals surface area contributed by atoms with Crippen LogP contribution < -0.4 is 16.2 Å². The van der Waals surface area contributed by atoms with Crippen LogP contribution in [0.25, 0.3) is 0 Å². The third-order valence-electron chi connectivity index (χ3n) is 3.61. The topological polar surface area (TPSA) is 71.0 Å². The van der Waals surface area contributed by atoms with E-state index in [2.05, 4.69) is 33.4 Å². The number of aryl methyl sites for hydroxylation is 1. The number of aromatic nitrogens is 2. The molecule has 0 saturated carbocycles. The minimum absolute atomic E-state index is 0.0142. The highest BCUT2D eigenvalue weighted by Crippen LogP contribution is 2.20. The number of hydrogen-bond acceptors (Lipinski definition) is 4. The van der Waals surface area contributed by atoms with E-state index in [4.69, 9.17) is 11.6 Å². The standard InChI is InChI=1S/C15H18ClN5O/c16-12-9-17-21(10-12)7-6-15(22)18-14-8-13(19-20-14)11-4-2-1-3-5-11/h1-5,9-10,13-14,19-20H,6-8H2,(H,18,22). The molecule has 1 aliphatic rings. The highest BCUT2D eigenvalue weighted by molar-refractivity contribution is 6.30. The molecule has 7 heteroatoms. The zero-order valence-corrected chi connectivity index (χ0v) is 12.8. The first-order valence-electron chi connectivity index (χ1n) is 7.24. The van der Waals surface area contributed by atoms with Crippen LogP contribution in [0.15, 0.2) is 42.7 Å². The van der Waals surface area contributed by atoms with E-state index < -0.39 is 0 Å². The van der Waals surface area contributed by atoms with Gasteiger partial charge in [0.25, 0.3) is 0 Å². The van der Waals surface area contributed by atoms with Gasteiger partial charge in [-0.05, 0) is 5.56 Å². The lowest BCUT2D eigenvalue weighted by atomic mass is 10.0. The minimum atomic E-state index is -0.0704. The third kappa shape index (κ3) is 3.85. The first-order chi connectivity index (χ1) is 10.7. The fourth-order valence-corrected chi connectivity index (χ4v) is 2.65. The van der Waals surface area contributed by atoms with Crippen LogP contribution in [0.1, 0.15) is 24.4 Å². The molecular weight excluding hydrogens is 302 g/mol. The van der Waals surface area contributed by atoms with Crippen molar-refractivity contribution in [2.24, 2.45) is 0 Å². The van der Waals surface area contributed by atoms with Crippen LogP contribution in [0.2, 0.25) is 5.02 Å². The van der Waals surface area contributed by atoms with E-state index in [9.17, 15) is 4.79 Å². The largest absolute Gasteiger partial charge is 0.339 e. The summed E-state index contributed by atoms with van der Waals surface area (Å²) in [6, 6.07) is 10.4. The monoisotopic (exact) mass is 319 g/mol. The summed E-state index contributed by atoms with van der Waals surface area (Å²) in [6.45, 7) is 0.515. The Morgan fingerprint density at radius 3 is 2.91 bits per heavy atom. The number of rotatable bonds is 5. The Balaban J connectivity index is 1.45. The molecule has 2 heterocycles. The maximum absolute atomic E-state index is 12.0. The summed E-state index contributed by atoms with van der Waals surface area (Å²) in [7, 11) is 0. The van der Waals surface area contributed by atoms with E-state index in [0.29, 0.717) is 18.0 Å². The van der Waals surface area contributed by atoms with E-state index in [1.165, 1.54) is 5.56 Å². The maximum Gasteiger partial charge on any atom is 0.223 e. The van der Waals surface area contributed by atoms with Gasteiger partial charge < -0.3 is 5.32 Å². The second-order valence-electron chi connectivity index (χ2n) is 5.28. The van der Waals surface area contributed by atoms with Crippen LogP contribution >= 0.6 is 11.6 Å². The Morgan fingerprint density at radius 1 is 1.36 bits per heavy atom. The number of hydrazine groups is 1. The lowest BCUT2D eigenvalue weighted by molar-refractivity contribution is -0.122. The molecule has 6 nitrogen and oxygen atoms in total. The highest BCUT2D eigenvalue weighted by Gasteiger charge is 2.25. The van der Waals surface area contributed by atoms with Gasteiger partial charge in [0.2, 0.25) is 5.91 Å². The number of hydrogen-bond donors (Lipinski definition) is 3. The summed E-state index contributed by atoms with van der Waals surface area (Å²) in [6.07, 6.45) is 4.37. The van der Waals surface area contributed by atoms with Crippen LogP contribution in [0.5, 0.6) is 0 Å². The van der Waals surface area contributed by atoms with Gasteiger partial charge in [0, 0.05) is 31.6 Å². The van der Waals surface area contributed by atoms with Crippen LogP contribution in [-0.4, -0.2) is 21.9 Å². The summed E-state index contributed by atoms with van der Waals surface area (Å²) in [4.78, 5) is 12.0. The molecule has 0 aliphatic carbocycles. The fraction of sp³-hybridized carbons (Fsp3) is 0.333. The predicted octanol–water partition coefficient (Wildman–Crippen LogP) is 1.61. The molecule has 0 radical (unpaired) electrons. The van der Waals surface area contributed by atoms with Crippen molar-refractivity contribution < 1.29 is 4.79 Å². The number of nitrogens with zero attached hydrogens (tertiary/aromatic N) is 2. The zero-order valence-electron chi connectivity index (χ0n) is 12.0. The minimum Gasteiger partial charge on any atom is -0.339 e. The maximum atomic E-state index is 12.0. The summed E-state index contributed by atoms with van der Waals surface area (Å²) in [5, 5.41) is 7.59. The van der Waals surface area contributed by atoms with E-state index >= 15 is 0 Å². The zero-order chi connectivity index (χ0) is 15.4. The highest BCUT2D eigenvalue weighted by atomic mass is 35.5. The number of amides is 1.